The van der Waals surface area contributed by atoms with E-state index in [9.17, 15) is 10.1 Å². The van der Waals surface area contributed by atoms with Crippen molar-refractivity contribution in [2.75, 3.05) is 11.9 Å². The predicted octanol–water partition coefficient (Wildman–Crippen LogP) is 5.60. The number of amides is 1. The van der Waals surface area contributed by atoms with Crippen molar-refractivity contribution in [3.05, 3.63) is 88.4 Å². The van der Waals surface area contributed by atoms with E-state index < -0.39 is 5.91 Å². The van der Waals surface area contributed by atoms with Crippen molar-refractivity contribution in [1.29, 1.82) is 5.26 Å². The lowest BCUT2D eigenvalue weighted by Gasteiger charge is -2.13. The Hall–Kier alpha value is -3.10. The molecule has 2 aromatic carbocycles. The molecule has 0 atom stereocenters. The Labute approximate surface area is 174 Å². The first kappa shape index (κ1) is 21.2. The second-order valence-corrected chi connectivity index (χ2v) is 6.93. The average molecular weight is 437 g/mol. The van der Waals surface area contributed by atoms with Crippen molar-refractivity contribution in [3.8, 4) is 11.8 Å². The van der Waals surface area contributed by atoms with E-state index in [1.54, 1.807) is 30.4 Å². The van der Waals surface area contributed by atoms with Gasteiger partial charge in [-0.3, -0.25) is 4.79 Å². The Balaban J connectivity index is 2.33. The topological polar surface area (TPSA) is 62.1 Å². The molecule has 0 saturated heterocycles. The van der Waals surface area contributed by atoms with Crippen LogP contribution in [0.15, 0.2) is 71.8 Å². The number of anilines is 1. The van der Waals surface area contributed by atoms with Gasteiger partial charge in [0.1, 0.15) is 24.0 Å². The number of carbonyl (C=O) groups is 1. The van der Waals surface area contributed by atoms with Gasteiger partial charge in [0.25, 0.3) is 5.91 Å². The largest absolute Gasteiger partial charge is 0.488 e. The number of hydrogen-bond acceptors (Lipinski definition) is 3. The Bertz CT molecular complexity index is 954. The zero-order valence-electron chi connectivity index (χ0n) is 15.7. The summed E-state index contributed by atoms with van der Waals surface area (Å²) in [5.41, 5.74) is 3.35. The van der Waals surface area contributed by atoms with Gasteiger partial charge in [0, 0.05) is 5.69 Å². The summed E-state index contributed by atoms with van der Waals surface area (Å²) >= 11 is 3.50. The number of nitriles is 1. The lowest BCUT2D eigenvalue weighted by Crippen LogP contribution is -2.13. The van der Waals surface area contributed by atoms with Crippen molar-refractivity contribution in [3.63, 3.8) is 0 Å². The van der Waals surface area contributed by atoms with Gasteiger partial charge >= 0.3 is 0 Å². The predicted molar refractivity (Wildman–Crippen MR) is 117 cm³/mol. The molecule has 0 spiro atoms. The standard InChI is InChI=1S/C23H21BrN2O2/c1-4-6-18-12-17(14-21(24)22(18)28-11-5-2)13-19(15-25)23(27)26-20-9-7-16(3)8-10-20/h4-5,7-10,12-14H,1-2,6,11H2,3H3,(H,26,27)/b19-13-. The lowest BCUT2D eigenvalue weighted by atomic mass is 10.0. The van der Waals surface area contributed by atoms with Gasteiger partial charge in [-0.25, -0.2) is 0 Å². The molecular formula is C23H21BrN2O2. The second-order valence-electron chi connectivity index (χ2n) is 6.07. The molecule has 0 aliphatic rings. The van der Waals surface area contributed by atoms with Crippen molar-refractivity contribution in [2.45, 2.75) is 13.3 Å². The van der Waals surface area contributed by atoms with Gasteiger partial charge in [0.2, 0.25) is 0 Å². The maximum Gasteiger partial charge on any atom is 0.266 e. The highest BCUT2D eigenvalue weighted by atomic mass is 79.9. The van der Waals surface area contributed by atoms with Gasteiger partial charge in [-0.1, -0.05) is 36.4 Å². The maximum atomic E-state index is 12.5. The zero-order valence-corrected chi connectivity index (χ0v) is 17.3. The van der Waals surface area contributed by atoms with E-state index in [2.05, 4.69) is 34.4 Å². The maximum absolute atomic E-state index is 12.5. The monoisotopic (exact) mass is 436 g/mol. The number of nitrogens with zero attached hydrogens (tertiary/aromatic N) is 1. The molecule has 0 aromatic heterocycles. The molecule has 0 heterocycles. The zero-order chi connectivity index (χ0) is 20.5. The van der Waals surface area contributed by atoms with Crippen LogP contribution in [0.1, 0.15) is 16.7 Å². The van der Waals surface area contributed by atoms with Crippen LogP contribution in [-0.2, 0) is 11.2 Å². The Morgan fingerprint density at radius 3 is 2.57 bits per heavy atom. The van der Waals surface area contributed by atoms with E-state index in [4.69, 9.17) is 4.74 Å². The summed E-state index contributed by atoms with van der Waals surface area (Å²) in [5.74, 6) is 0.235. The van der Waals surface area contributed by atoms with E-state index in [-0.39, 0.29) is 5.57 Å². The third-order valence-corrected chi connectivity index (χ3v) is 4.43. The number of nitrogens with one attached hydrogen (secondary N) is 1. The molecule has 0 unspecified atom stereocenters. The van der Waals surface area contributed by atoms with Crippen LogP contribution in [0.3, 0.4) is 0 Å². The highest BCUT2D eigenvalue weighted by Gasteiger charge is 2.13. The van der Waals surface area contributed by atoms with Gasteiger partial charge < -0.3 is 10.1 Å². The first-order valence-corrected chi connectivity index (χ1v) is 9.44. The quantitative estimate of drug-likeness (QED) is 0.332. The molecule has 0 fully saturated rings. The van der Waals surface area contributed by atoms with Crippen LogP contribution >= 0.6 is 15.9 Å². The SMILES string of the molecule is C=CCOc1c(Br)cc(/C=C(/C#N)C(=O)Nc2ccc(C)cc2)cc1CC=C. The van der Waals surface area contributed by atoms with Crippen LogP contribution in [0.2, 0.25) is 0 Å². The molecule has 0 radical (unpaired) electrons. The summed E-state index contributed by atoms with van der Waals surface area (Å²) in [6, 6.07) is 13.0. The molecule has 4 nitrogen and oxygen atoms in total. The molecule has 142 valence electrons. The number of ether oxygens (including phenoxy) is 1. The summed E-state index contributed by atoms with van der Waals surface area (Å²) in [4.78, 5) is 12.5. The molecule has 28 heavy (non-hydrogen) atoms. The van der Waals surface area contributed by atoms with Crippen molar-refractivity contribution in [1.82, 2.24) is 0 Å². The molecule has 2 aromatic rings. The number of halogens is 1. The van der Waals surface area contributed by atoms with Gasteiger partial charge in [0.15, 0.2) is 0 Å². The van der Waals surface area contributed by atoms with Crippen molar-refractivity contribution < 1.29 is 9.53 Å². The molecule has 0 aliphatic carbocycles. The van der Waals surface area contributed by atoms with E-state index >= 15 is 0 Å². The van der Waals surface area contributed by atoms with Crippen molar-refractivity contribution in [2.24, 2.45) is 0 Å². The minimum absolute atomic E-state index is 0.0109. The summed E-state index contributed by atoms with van der Waals surface area (Å²) in [5, 5.41) is 12.2. The minimum atomic E-state index is -0.459. The highest BCUT2D eigenvalue weighted by Crippen LogP contribution is 2.32. The van der Waals surface area contributed by atoms with Gasteiger partial charge in [-0.2, -0.15) is 5.26 Å². The molecule has 0 aliphatic heterocycles. The minimum Gasteiger partial charge on any atom is -0.488 e. The van der Waals surface area contributed by atoms with Crippen LogP contribution in [-0.4, -0.2) is 12.5 Å². The fourth-order valence-electron chi connectivity index (χ4n) is 2.52. The normalized spacial score (nSPS) is 10.7. The number of hydrogen-bond donors (Lipinski definition) is 1. The van der Waals surface area contributed by atoms with E-state index in [0.717, 1.165) is 15.6 Å². The fraction of sp³-hybridized carbons (Fsp3) is 0.130. The molecule has 1 amide bonds. The molecule has 2 rings (SSSR count). The Morgan fingerprint density at radius 2 is 1.96 bits per heavy atom. The Kier molecular flexibility index (Phi) is 7.79. The first-order chi connectivity index (χ1) is 13.5. The Morgan fingerprint density at radius 1 is 1.25 bits per heavy atom. The van der Waals surface area contributed by atoms with Crippen LogP contribution in [0.25, 0.3) is 6.08 Å². The molecular weight excluding hydrogens is 416 g/mol. The van der Waals surface area contributed by atoms with Gasteiger partial charge in [-0.05, 0) is 70.7 Å². The van der Waals surface area contributed by atoms with E-state index in [1.165, 1.54) is 0 Å². The molecule has 1 N–H and O–H groups in total. The number of benzene rings is 2. The summed E-state index contributed by atoms with van der Waals surface area (Å²) < 4.78 is 6.45. The van der Waals surface area contributed by atoms with Crippen LogP contribution < -0.4 is 10.1 Å². The number of rotatable bonds is 8. The smallest absolute Gasteiger partial charge is 0.266 e. The van der Waals surface area contributed by atoms with Crippen molar-refractivity contribution >= 4 is 33.6 Å². The van der Waals surface area contributed by atoms with Gasteiger partial charge in [-0.15, -0.1) is 6.58 Å². The van der Waals surface area contributed by atoms with Crippen LogP contribution in [0, 0.1) is 18.3 Å². The number of carbonyl (C=O) groups excluding carboxylic acids is 1. The second kappa shape index (κ2) is 10.3. The average Bonchev–Trinajstić information content (AvgIpc) is 2.67. The summed E-state index contributed by atoms with van der Waals surface area (Å²) in [6.45, 7) is 9.77. The third-order valence-electron chi connectivity index (χ3n) is 3.84. The molecule has 5 heteroatoms. The molecule has 0 bridgehead atoms. The lowest BCUT2D eigenvalue weighted by molar-refractivity contribution is -0.112. The van der Waals surface area contributed by atoms with Crippen LogP contribution in [0.5, 0.6) is 5.75 Å². The van der Waals surface area contributed by atoms with Gasteiger partial charge in [0.05, 0.1) is 4.47 Å². The highest BCUT2D eigenvalue weighted by molar-refractivity contribution is 9.10. The van der Waals surface area contributed by atoms with Crippen LogP contribution in [0.4, 0.5) is 5.69 Å². The summed E-state index contributed by atoms with van der Waals surface area (Å²) in [6.07, 6.45) is 5.58. The number of aryl methyl sites for hydroxylation is 1. The molecule has 0 saturated carbocycles. The first-order valence-electron chi connectivity index (χ1n) is 8.65. The number of allylic oxidation sites excluding steroid dienone is 1. The summed E-state index contributed by atoms with van der Waals surface area (Å²) in [7, 11) is 0. The third kappa shape index (κ3) is 5.70. The fourth-order valence-corrected chi connectivity index (χ4v) is 3.15. The van der Waals surface area contributed by atoms with E-state index in [0.29, 0.717) is 30.0 Å². The van der Waals surface area contributed by atoms with E-state index in [1.807, 2.05) is 37.3 Å².